The lowest BCUT2D eigenvalue weighted by molar-refractivity contribution is -0.115. The molecule has 1 aromatic carbocycles. The van der Waals surface area contributed by atoms with Crippen LogP contribution in [0.5, 0.6) is 5.75 Å². The van der Waals surface area contributed by atoms with E-state index in [2.05, 4.69) is 38.2 Å². The summed E-state index contributed by atoms with van der Waals surface area (Å²) in [6.07, 6.45) is 2.74. The van der Waals surface area contributed by atoms with Crippen molar-refractivity contribution >= 4 is 0 Å². The molecule has 1 heterocycles. The highest BCUT2D eigenvalue weighted by atomic mass is 16.5. The van der Waals surface area contributed by atoms with Gasteiger partial charge in [-0.2, -0.15) is 0 Å². The third kappa shape index (κ3) is 2.47. The first-order valence-electron chi connectivity index (χ1n) is 8.09. The molecule has 1 aliphatic heterocycles. The van der Waals surface area contributed by atoms with Gasteiger partial charge < -0.3 is 14.8 Å². The molecule has 3 rings (SSSR count). The van der Waals surface area contributed by atoms with Crippen molar-refractivity contribution in [3.63, 3.8) is 0 Å². The Balaban J connectivity index is 1.72. The fourth-order valence-corrected chi connectivity index (χ4v) is 4.17. The van der Waals surface area contributed by atoms with Crippen LogP contribution in [0, 0.1) is 11.3 Å². The van der Waals surface area contributed by atoms with Crippen LogP contribution in [-0.4, -0.2) is 25.9 Å². The molecule has 1 aromatic rings. The molecule has 21 heavy (non-hydrogen) atoms. The zero-order chi connectivity index (χ0) is 15.0. The van der Waals surface area contributed by atoms with Crippen LogP contribution in [0.25, 0.3) is 0 Å². The van der Waals surface area contributed by atoms with E-state index in [0.29, 0.717) is 24.1 Å². The molecule has 1 aliphatic carbocycles. The third-order valence-electron chi connectivity index (χ3n) is 5.41. The maximum Gasteiger partial charge on any atom is 0.118 e. The van der Waals surface area contributed by atoms with Gasteiger partial charge in [-0.3, -0.25) is 0 Å². The Morgan fingerprint density at radius 2 is 2.05 bits per heavy atom. The van der Waals surface area contributed by atoms with Crippen molar-refractivity contribution in [2.75, 3.05) is 13.7 Å². The lowest BCUT2D eigenvalue weighted by Gasteiger charge is -2.56. The number of methoxy groups -OCH3 is 1. The zero-order valence-corrected chi connectivity index (χ0v) is 13.6. The van der Waals surface area contributed by atoms with E-state index in [9.17, 15) is 0 Å². The lowest BCUT2D eigenvalue weighted by atomic mass is 9.57. The normalized spacial score (nSPS) is 31.3. The summed E-state index contributed by atoms with van der Waals surface area (Å²) in [6.45, 7) is 7.84. The summed E-state index contributed by atoms with van der Waals surface area (Å²) in [4.78, 5) is 0. The molecule has 0 spiro atoms. The molecule has 1 N–H and O–H groups in total. The standard InChI is InChI=1S/C18H27NO2/c1-5-15(12-6-8-13(20-4)9-7-12)19-16-14-10-11-21-17(14)18(16,2)3/h6-9,14-17,19H,5,10-11H2,1-4H3. The SMILES string of the molecule is CCC(NC1C2CCOC2C1(C)C)c1ccc(OC)cc1. The molecule has 1 saturated carbocycles. The minimum atomic E-state index is 0.237. The number of rotatable bonds is 5. The fraction of sp³-hybridized carbons (Fsp3) is 0.667. The Morgan fingerprint density at radius 3 is 2.67 bits per heavy atom. The second kappa shape index (κ2) is 5.62. The molecule has 0 amide bonds. The van der Waals surface area contributed by atoms with Crippen molar-refractivity contribution in [3.05, 3.63) is 29.8 Å². The van der Waals surface area contributed by atoms with Crippen molar-refractivity contribution < 1.29 is 9.47 Å². The molecule has 116 valence electrons. The first kappa shape index (κ1) is 14.9. The van der Waals surface area contributed by atoms with Gasteiger partial charge in [0, 0.05) is 30.0 Å². The van der Waals surface area contributed by atoms with Crippen LogP contribution in [0.1, 0.15) is 45.2 Å². The Bertz CT molecular complexity index is 482. The summed E-state index contributed by atoms with van der Waals surface area (Å²) in [5, 5.41) is 3.90. The minimum absolute atomic E-state index is 0.237. The second-order valence-corrected chi connectivity index (χ2v) is 6.94. The van der Waals surface area contributed by atoms with Crippen molar-refractivity contribution in [2.45, 2.75) is 51.8 Å². The predicted octanol–water partition coefficient (Wildman–Crippen LogP) is 3.55. The highest BCUT2D eigenvalue weighted by Crippen LogP contribution is 2.52. The molecule has 3 heteroatoms. The summed E-state index contributed by atoms with van der Waals surface area (Å²) < 4.78 is 11.1. The first-order chi connectivity index (χ1) is 10.1. The monoisotopic (exact) mass is 289 g/mol. The van der Waals surface area contributed by atoms with E-state index in [0.717, 1.165) is 18.8 Å². The van der Waals surface area contributed by atoms with E-state index >= 15 is 0 Å². The van der Waals surface area contributed by atoms with Gasteiger partial charge in [-0.1, -0.05) is 32.9 Å². The van der Waals surface area contributed by atoms with Gasteiger partial charge in [0.05, 0.1) is 13.2 Å². The van der Waals surface area contributed by atoms with E-state index in [1.54, 1.807) is 7.11 Å². The summed E-state index contributed by atoms with van der Waals surface area (Å²) in [7, 11) is 1.71. The first-order valence-corrected chi connectivity index (χ1v) is 8.09. The van der Waals surface area contributed by atoms with Gasteiger partial charge in [-0.15, -0.1) is 0 Å². The van der Waals surface area contributed by atoms with Gasteiger partial charge >= 0.3 is 0 Å². The highest BCUT2D eigenvalue weighted by Gasteiger charge is 2.59. The van der Waals surface area contributed by atoms with E-state index in [1.165, 1.54) is 12.0 Å². The van der Waals surface area contributed by atoms with Crippen molar-refractivity contribution in [3.8, 4) is 5.75 Å². The summed E-state index contributed by atoms with van der Waals surface area (Å²) in [6, 6.07) is 9.40. The number of hydrogen-bond acceptors (Lipinski definition) is 3. The van der Waals surface area contributed by atoms with Gasteiger partial charge in [0.15, 0.2) is 0 Å². The number of fused-ring (bicyclic) bond motifs is 1. The Kier molecular flexibility index (Phi) is 3.98. The lowest BCUT2D eigenvalue weighted by Crippen LogP contribution is -2.66. The topological polar surface area (TPSA) is 30.5 Å². The van der Waals surface area contributed by atoms with Crippen LogP contribution in [0.3, 0.4) is 0 Å². The molecule has 0 aromatic heterocycles. The Morgan fingerprint density at radius 1 is 1.33 bits per heavy atom. The summed E-state index contributed by atoms with van der Waals surface area (Å²) in [5.74, 6) is 1.61. The zero-order valence-electron chi connectivity index (χ0n) is 13.6. The molecule has 2 aliphatic rings. The van der Waals surface area contributed by atoms with Crippen LogP contribution in [0.2, 0.25) is 0 Å². The number of ether oxygens (including phenoxy) is 2. The molecule has 0 bridgehead atoms. The molecule has 4 unspecified atom stereocenters. The quantitative estimate of drug-likeness (QED) is 0.899. The van der Waals surface area contributed by atoms with Crippen LogP contribution in [-0.2, 0) is 4.74 Å². The van der Waals surface area contributed by atoms with Gasteiger partial charge in [0.25, 0.3) is 0 Å². The predicted molar refractivity (Wildman–Crippen MR) is 84.6 cm³/mol. The van der Waals surface area contributed by atoms with Gasteiger partial charge in [0.1, 0.15) is 5.75 Å². The average molecular weight is 289 g/mol. The molecule has 4 atom stereocenters. The molecular weight excluding hydrogens is 262 g/mol. The molecule has 0 radical (unpaired) electrons. The minimum Gasteiger partial charge on any atom is -0.497 e. The van der Waals surface area contributed by atoms with Crippen LogP contribution in [0.4, 0.5) is 0 Å². The highest BCUT2D eigenvalue weighted by molar-refractivity contribution is 5.29. The van der Waals surface area contributed by atoms with Gasteiger partial charge in [-0.05, 0) is 30.5 Å². The molecule has 1 saturated heterocycles. The van der Waals surface area contributed by atoms with Crippen molar-refractivity contribution in [1.29, 1.82) is 0 Å². The maximum absolute atomic E-state index is 5.89. The Labute approximate surface area is 128 Å². The van der Waals surface area contributed by atoms with E-state index < -0.39 is 0 Å². The van der Waals surface area contributed by atoms with Gasteiger partial charge in [-0.25, -0.2) is 0 Å². The van der Waals surface area contributed by atoms with Crippen LogP contribution < -0.4 is 10.1 Å². The largest absolute Gasteiger partial charge is 0.497 e. The number of hydrogen-bond donors (Lipinski definition) is 1. The van der Waals surface area contributed by atoms with Crippen molar-refractivity contribution in [1.82, 2.24) is 5.32 Å². The summed E-state index contributed by atoms with van der Waals surface area (Å²) in [5.41, 5.74) is 1.58. The number of nitrogens with one attached hydrogen (secondary N) is 1. The molecule has 2 fully saturated rings. The van der Waals surface area contributed by atoms with E-state index in [-0.39, 0.29) is 5.41 Å². The second-order valence-electron chi connectivity index (χ2n) is 6.94. The van der Waals surface area contributed by atoms with E-state index in [1.807, 2.05) is 12.1 Å². The van der Waals surface area contributed by atoms with Gasteiger partial charge in [0.2, 0.25) is 0 Å². The van der Waals surface area contributed by atoms with Crippen molar-refractivity contribution in [2.24, 2.45) is 11.3 Å². The molecular formula is C18H27NO2. The molecule has 3 nitrogen and oxygen atoms in total. The Hall–Kier alpha value is -1.06. The number of benzene rings is 1. The van der Waals surface area contributed by atoms with Crippen LogP contribution >= 0.6 is 0 Å². The van der Waals surface area contributed by atoms with Crippen LogP contribution in [0.15, 0.2) is 24.3 Å². The average Bonchev–Trinajstić information content (AvgIpc) is 2.95. The third-order valence-corrected chi connectivity index (χ3v) is 5.41. The smallest absolute Gasteiger partial charge is 0.118 e. The maximum atomic E-state index is 5.89. The fourth-order valence-electron chi connectivity index (χ4n) is 4.17. The van der Waals surface area contributed by atoms with E-state index in [4.69, 9.17) is 9.47 Å². The summed E-state index contributed by atoms with van der Waals surface area (Å²) >= 11 is 0.